The molecule has 0 radical (unpaired) electrons. The molecule has 0 spiro atoms. The molecule has 0 amide bonds. The third-order valence-electron chi connectivity index (χ3n) is 1.85. The summed E-state index contributed by atoms with van der Waals surface area (Å²) >= 11 is 3.21. The molecule has 0 atom stereocenters. The molecule has 0 aliphatic heterocycles. The number of hydrogen-bond acceptors (Lipinski definition) is 3. The van der Waals surface area contributed by atoms with E-state index in [0.29, 0.717) is 21.3 Å². The molecule has 0 aromatic heterocycles. The fraction of sp³-hybridized carbons (Fsp3) is 0.200. The first-order valence-corrected chi connectivity index (χ1v) is 4.86. The molecule has 1 N–H and O–H groups in total. The number of halogens is 1. The predicted molar refractivity (Wildman–Crippen MR) is 56.7 cm³/mol. The van der Waals surface area contributed by atoms with Gasteiger partial charge < -0.3 is 9.84 Å². The molecular weight excluding hydrogens is 262 g/mol. The first kappa shape index (κ1) is 11.5. The molecule has 0 saturated carbocycles. The minimum atomic E-state index is -0.975. The predicted octanol–water partition coefficient (Wildman–Crippen LogP) is 1.96. The fourth-order valence-electron chi connectivity index (χ4n) is 1.16. The normalized spacial score (nSPS) is 9.40. The van der Waals surface area contributed by atoms with E-state index in [1.807, 2.05) is 6.07 Å². The molecule has 0 bridgehead atoms. The first-order valence-electron chi connectivity index (χ1n) is 4.06. The van der Waals surface area contributed by atoms with Crippen LogP contribution in [-0.4, -0.2) is 18.2 Å². The lowest BCUT2D eigenvalue weighted by Gasteiger charge is -2.07. The van der Waals surface area contributed by atoms with Crippen LogP contribution in [0.2, 0.25) is 0 Å². The highest BCUT2D eigenvalue weighted by molar-refractivity contribution is 9.10. The van der Waals surface area contributed by atoms with E-state index in [1.165, 1.54) is 13.2 Å². The molecule has 1 aromatic carbocycles. The minimum Gasteiger partial charge on any atom is -0.497 e. The topological polar surface area (TPSA) is 70.3 Å². The van der Waals surface area contributed by atoms with Crippen LogP contribution in [0.15, 0.2) is 16.6 Å². The molecule has 5 heteroatoms. The van der Waals surface area contributed by atoms with Crippen molar-refractivity contribution < 1.29 is 14.6 Å². The van der Waals surface area contributed by atoms with E-state index < -0.39 is 5.97 Å². The third kappa shape index (κ3) is 2.70. The molecule has 1 aromatic rings. The molecule has 0 aliphatic rings. The largest absolute Gasteiger partial charge is 0.497 e. The number of nitriles is 1. The van der Waals surface area contributed by atoms with Crippen LogP contribution >= 0.6 is 15.9 Å². The molecule has 0 aliphatic carbocycles. The number of carboxylic acids is 1. The van der Waals surface area contributed by atoms with Crippen molar-refractivity contribution in [2.45, 2.75) is 6.42 Å². The Labute approximate surface area is 95.2 Å². The summed E-state index contributed by atoms with van der Waals surface area (Å²) in [5, 5.41) is 17.5. The summed E-state index contributed by atoms with van der Waals surface area (Å²) in [6, 6.07) is 5.10. The van der Waals surface area contributed by atoms with Gasteiger partial charge in [0, 0.05) is 4.47 Å². The molecule has 1 rings (SSSR count). The van der Waals surface area contributed by atoms with E-state index in [9.17, 15) is 4.79 Å². The third-order valence-corrected chi connectivity index (χ3v) is 2.56. The highest BCUT2D eigenvalue weighted by Gasteiger charge is 2.12. The summed E-state index contributed by atoms with van der Waals surface area (Å²) in [4.78, 5) is 10.6. The molecule has 4 nitrogen and oxygen atoms in total. The fourth-order valence-corrected chi connectivity index (χ4v) is 1.74. The van der Waals surface area contributed by atoms with Gasteiger partial charge >= 0.3 is 5.97 Å². The van der Waals surface area contributed by atoms with Gasteiger partial charge in [-0.25, -0.2) is 0 Å². The quantitative estimate of drug-likeness (QED) is 0.911. The SMILES string of the molecule is COc1cc(Br)c(CC(=O)O)c(C#N)c1. The number of benzene rings is 1. The number of methoxy groups -OCH3 is 1. The van der Waals surface area contributed by atoms with Crippen molar-refractivity contribution in [2.75, 3.05) is 7.11 Å². The van der Waals surface area contributed by atoms with Gasteiger partial charge in [0.05, 0.1) is 25.2 Å². The van der Waals surface area contributed by atoms with Gasteiger partial charge in [0.25, 0.3) is 0 Å². The average molecular weight is 270 g/mol. The van der Waals surface area contributed by atoms with Crippen molar-refractivity contribution in [1.82, 2.24) is 0 Å². The average Bonchev–Trinajstić information content (AvgIpc) is 2.20. The summed E-state index contributed by atoms with van der Waals surface area (Å²) in [6.45, 7) is 0. The van der Waals surface area contributed by atoms with E-state index in [-0.39, 0.29) is 6.42 Å². The summed E-state index contributed by atoms with van der Waals surface area (Å²) in [7, 11) is 1.49. The van der Waals surface area contributed by atoms with Gasteiger partial charge in [-0.3, -0.25) is 4.79 Å². The van der Waals surface area contributed by atoms with Gasteiger partial charge in [-0.15, -0.1) is 0 Å². The van der Waals surface area contributed by atoms with Crippen molar-refractivity contribution in [3.8, 4) is 11.8 Å². The maximum Gasteiger partial charge on any atom is 0.307 e. The number of carbonyl (C=O) groups is 1. The van der Waals surface area contributed by atoms with Crippen LogP contribution in [0.3, 0.4) is 0 Å². The highest BCUT2D eigenvalue weighted by atomic mass is 79.9. The summed E-state index contributed by atoms with van der Waals surface area (Å²) < 4.78 is 5.54. The highest BCUT2D eigenvalue weighted by Crippen LogP contribution is 2.27. The number of aliphatic carboxylic acids is 1. The van der Waals surface area contributed by atoms with Crippen LogP contribution < -0.4 is 4.74 Å². The molecule has 0 heterocycles. The zero-order valence-corrected chi connectivity index (χ0v) is 9.54. The molecule has 0 fully saturated rings. The monoisotopic (exact) mass is 269 g/mol. The maximum absolute atomic E-state index is 10.6. The molecule has 0 saturated heterocycles. The first-order chi connectivity index (χ1) is 7.08. The van der Waals surface area contributed by atoms with E-state index >= 15 is 0 Å². The number of ether oxygens (including phenoxy) is 1. The Balaban J connectivity index is 3.26. The Bertz CT molecular complexity index is 437. The van der Waals surface area contributed by atoms with Crippen molar-refractivity contribution >= 4 is 21.9 Å². The van der Waals surface area contributed by atoms with E-state index in [0.717, 1.165) is 0 Å². The Morgan fingerprint density at radius 1 is 1.67 bits per heavy atom. The van der Waals surface area contributed by atoms with Crippen molar-refractivity contribution in [1.29, 1.82) is 5.26 Å². The van der Waals surface area contributed by atoms with Crippen LogP contribution in [0.5, 0.6) is 5.75 Å². The maximum atomic E-state index is 10.6. The lowest BCUT2D eigenvalue weighted by Crippen LogP contribution is -2.03. The lowest BCUT2D eigenvalue weighted by molar-refractivity contribution is -0.136. The smallest absolute Gasteiger partial charge is 0.307 e. The standard InChI is InChI=1S/C10H8BrNO3/c1-15-7-2-6(5-12)8(4-10(13)14)9(11)3-7/h2-3H,4H2,1H3,(H,13,14). The zero-order chi connectivity index (χ0) is 11.4. The van der Waals surface area contributed by atoms with Crippen molar-refractivity contribution in [3.05, 3.63) is 27.7 Å². The Morgan fingerprint density at radius 3 is 2.80 bits per heavy atom. The lowest BCUT2D eigenvalue weighted by atomic mass is 10.1. The Hall–Kier alpha value is -1.54. The second-order valence-electron chi connectivity index (χ2n) is 2.82. The van der Waals surface area contributed by atoms with Crippen LogP contribution in [-0.2, 0) is 11.2 Å². The van der Waals surface area contributed by atoms with Crippen molar-refractivity contribution in [3.63, 3.8) is 0 Å². The van der Waals surface area contributed by atoms with Crippen molar-refractivity contribution in [2.24, 2.45) is 0 Å². The summed E-state index contributed by atoms with van der Waals surface area (Å²) in [6.07, 6.45) is -0.187. The Morgan fingerprint density at radius 2 is 2.33 bits per heavy atom. The molecular formula is C10H8BrNO3. The van der Waals surface area contributed by atoms with Gasteiger partial charge in [-0.2, -0.15) is 5.26 Å². The van der Waals surface area contributed by atoms with Crippen LogP contribution in [0.4, 0.5) is 0 Å². The summed E-state index contributed by atoms with van der Waals surface area (Å²) in [5.74, 6) is -0.454. The number of nitrogens with zero attached hydrogens (tertiary/aromatic N) is 1. The number of hydrogen-bond donors (Lipinski definition) is 1. The molecule has 0 unspecified atom stereocenters. The van der Waals surface area contributed by atoms with Crippen LogP contribution in [0, 0.1) is 11.3 Å². The van der Waals surface area contributed by atoms with Gasteiger partial charge in [-0.05, 0) is 17.7 Å². The van der Waals surface area contributed by atoms with E-state index in [2.05, 4.69) is 15.9 Å². The Kier molecular flexibility index (Phi) is 3.69. The van der Waals surface area contributed by atoms with Gasteiger partial charge in [0.15, 0.2) is 0 Å². The number of carboxylic acid groups (broad SMARTS) is 1. The second-order valence-corrected chi connectivity index (χ2v) is 3.67. The summed E-state index contributed by atoms with van der Waals surface area (Å²) in [5.41, 5.74) is 0.773. The zero-order valence-electron chi connectivity index (χ0n) is 7.95. The van der Waals surface area contributed by atoms with Crippen LogP contribution in [0.1, 0.15) is 11.1 Å². The van der Waals surface area contributed by atoms with Crippen LogP contribution in [0.25, 0.3) is 0 Å². The van der Waals surface area contributed by atoms with E-state index in [1.54, 1.807) is 6.07 Å². The number of rotatable bonds is 3. The van der Waals surface area contributed by atoms with E-state index in [4.69, 9.17) is 15.1 Å². The minimum absolute atomic E-state index is 0.187. The second kappa shape index (κ2) is 4.80. The molecule has 15 heavy (non-hydrogen) atoms. The van der Waals surface area contributed by atoms with Gasteiger partial charge in [0.1, 0.15) is 5.75 Å². The van der Waals surface area contributed by atoms with Gasteiger partial charge in [-0.1, -0.05) is 15.9 Å². The molecule has 78 valence electrons. The van der Waals surface area contributed by atoms with Gasteiger partial charge in [0.2, 0.25) is 0 Å².